The predicted molar refractivity (Wildman–Crippen MR) is 90.8 cm³/mol. The van der Waals surface area contributed by atoms with Gasteiger partial charge in [0.15, 0.2) is 11.5 Å². The van der Waals surface area contributed by atoms with E-state index in [4.69, 9.17) is 9.47 Å². The van der Waals surface area contributed by atoms with Gasteiger partial charge in [0.2, 0.25) is 0 Å². The van der Waals surface area contributed by atoms with Crippen LogP contribution in [0, 0.1) is 18.3 Å². The molecule has 0 saturated carbocycles. The monoisotopic (exact) mass is 320 g/mol. The lowest BCUT2D eigenvalue weighted by Crippen LogP contribution is -2.16. The number of ether oxygens (including phenoxy) is 2. The number of rotatable bonds is 3. The summed E-state index contributed by atoms with van der Waals surface area (Å²) in [7, 11) is 0. The molecule has 3 rings (SSSR count). The van der Waals surface area contributed by atoms with Crippen LogP contribution in [0.2, 0.25) is 0 Å². The molecule has 0 aromatic heterocycles. The van der Waals surface area contributed by atoms with E-state index in [0.29, 0.717) is 36.0 Å². The van der Waals surface area contributed by atoms with E-state index in [1.807, 2.05) is 25.1 Å². The molecule has 24 heavy (non-hydrogen) atoms. The Morgan fingerprint density at radius 1 is 1.17 bits per heavy atom. The van der Waals surface area contributed by atoms with Crippen LogP contribution in [0.3, 0.4) is 0 Å². The van der Waals surface area contributed by atoms with Crippen LogP contribution in [0.25, 0.3) is 6.08 Å². The van der Waals surface area contributed by atoms with Crippen molar-refractivity contribution < 1.29 is 14.3 Å². The average molecular weight is 320 g/mol. The molecule has 1 aliphatic rings. The van der Waals surface area contributed by atoms with Gasteiger partial charge in [-0.05, 0) is 31.2 Å². The van der Waals surface area contributed by atoms with E-state index >= 15 is 0 Å². The van der Waals surface area contributed by atoms with Crippen LogP contribution >= 0.6 is 0 Å². The first-order chi connectivity index (χ1) is 11.7. The van der Waals surface area contributed by atoms with E-state index in [2.05, 4.69) is 5.32 Å². The lowest BCUT2D eigenvalue weighted by molar-refractivity contribution is -0.112. The van der Waals surface area contributed by atoms with Gasteiger partial charge in [0.25, 0.3) is 5.91 Å². The Bertz CT molecular complexity index is 833. The third-order valence-electron chi connectivity index (χ3n) is 3.57. The molecular formula is C19H16N2O3. The fraction of sp³-hybridized carbons (Fsp3) is 0.158. The average Bonchev–Trinajstić information content (AvgIpc) is 2.61. The fourth-order valence-electron chi connectivity index (χ4n) is 2.35. The maximum absolute atomic E-state index is 12.3. The molecule has 0 bridgehead atoms. The van der Waals surface area contributed by atoms with Crippen molar-refractivity contribution in [3.05, 3.63) is 59.2 Å². The van der Waals surface area contributed by atoms with Crippen LogP contribution in [0.5, 0.6) is 11.5 Å². The van der Waals surface area contributed by atoms with Gasteiger partial charge in [0, 0.05) is 11.3 Å². The van der Waals surface area contributed by atoms with Gasteiger partial charge in [0.05, 0.1) is 0 Å². The molecule has 0 unspecified atom stereocenters. The van der Waals surface area contributed by atoms with E-state index in [9.17, 15) is 10.1 Å². The normalized spacial score (nSPS) is 13.1. The molecule has 1 N–H and O–H groups in total. The standard InChI is InChI=1S/C19H16N2O3/c1-13-5-7-16(8-6-13)21-19(22)15(12-20)11-14-3-2-4-17-18(14)24-10-9-23-17/h2-8,11H,9-10H2,1H3,(H,21,22)/b15-11-. The molecule has 2 aromatic rings. The Hall–Kier alpha value is -3.26. The highest BCUT2D eigenvalue weighted by molar-refractivity contribution is 6.09. The second-order valence-corrected chi connectivity index (χ2v) is 5.36. The van der Waals surface area contributed by atoms with Crippen LogP contribution in [0.4, 0.5) is 5.69 Å². The summed E-state index contributed by atoms with van der Waals surface area (Å²) in [5.74, 6) is 0.710. The number of amides is 1. The lowest BCUT2D eigenvalue weighted by Gasteiger charge is -2.19. The number of carbonyl (C=O) groups excluding carboxylic acids is 1. The van der Waals surface area contributed by atoms with Crippen molar-refractivity contribution in [1.29, 1.82) is 5.26 Å². The van der Waals surface area contributed by atoms with Crippen molar-refractivity contribution in [2.75, 3.05) is 18.5 Å². The zero-order chi connectivity index (χ0) is 16.9. The number of nitrogens with one attached hydrogen (secondary N) is 1. The summed E-state index contributed by atoms with van der Waals surface area (Å²) in [5.41, 5.74) is 2.37. The van der Waals surface area contributed by atoms with Gasteiger partial charge in [-0.1, -0.05) is 29.8 Å². The quantitative estimate of drug-likeness (QED) is 0.695. The SMILES string of the molecule is Cc1ccc(NC(=O)/C(C#N)=C\c2cccc3c2OCCO3)cc1. The second kappa shape index (κ2) is 6.88. The van der Waals surface area contributed by atoms with Gasteiger partial charge in [-0.25, -0.2) is 0 Å². The highest BCUT2D eigenvalue weighted by Crippen LogP contribution is 2.34. The summed E-state index contributed by atoms with van der Waals surface area (Å²) < 4.78 is 11.1. The van der Waals surface area contributed by atoms with Gasteiger partial charge >= 0.3 is 0 Å². The largest absolute Gasteiger partial charge is 0.486 e. The first kappa shape index (κ1) is 15.6. The number of benzene rings is 2. The van der Waals surface area contributed by atoms with Gasteiger partial charge < -0.3 is 14.8 Å². The number of carbonyl (C=O) groups is 1. The zero-order valence-electron chi connectivity index (χ0n) is 13.2. The van der Waals surface area contributed by atoms with Crippen LogP contribution in [0.1, 0.15) is 11.1 Å². The number of para-hydroxylation sites is 1. The zero-order valence-corrected chi connectivity index (χ0v) is 13.2. The van der Waals surface area contributed by atoms with Crippen molar-refractivity contribution >= 4 is 17.7 Å². The molecule has 0 spiro atoms. The first-order valence-electron chi connectivity index (χ1n) is 7.56. The summed E-state index contributed by atoms with van der Waals surface area (Å²) in [6, 6.07) is 14.7. The number of fused-ring (bicyclic) bond motifs is 1. The van der Waals surface area contributed by atoms with Crippen LogP contribution in [-0.2, 0) is 4.79 Å². The molecule has 1 amide bonds. The fourth-order valence-corrected chi connectivity index (χ4v) is 2.35. The van der Waals surface area contributed by atoms with Crippen molar-refractivity contribution in [1.82, 2.24) is 0 Å². The minimum Gasteiger partial charge on any atom is -0.486 e. The van der Waals surface area contributed by atoms with Crippen LogP contribution in [0.15, 0.2) is 48.0 Å². The molecule has 0 fully saturated rings. The smallest absolute Gasteiger partial charge is 0.266 e. The number of hydrogen-bond acceptors (Lipinski definition) is 4. The number of nitriles is 1. The maximum Gasteiger partial charge on any atom is 0.266 e. The van der Waals surface area contributed by atoms with Gasteiger partial charge in [-0.2, -0.15) is 5.26 Å². The Morgan fingerprint density at radius 3 is 2.67 bits per heavy atom. The highest BCUT2D eigenvalue weighted by Gasteiger charge is 2.16. The Balaban J connectivity index is 1.86. The van der Waals surface area contributed by atoms with Crippen LogP contribution in [-0.4, -0.2) is 19.1 Å². The minimum absolute atomic E-state index is 0.00171. The van der Waals surface area contributed by atoms with Crippen molar-refractivity contribution in [2.45, 2.75) is 6.92 Å². The number of aryl methyl sites for hydroxylation is 1. The van der Waals surface area contributed by atoms with Crippen molar-refractivity contribution in [3.8, 4) is 17.6 Å². The van der Waals surface area contributed by atoms with E-state index < -0.39 is 5.91 Å². The summed E-state index contributed by atoms with van der Waals surface area (Å²) in [5, 5.41) is 12.1. The molecule has 0 radical (unpaired) electrons. The third-order valence-corrected chi connectivity index (χ3v) is 3.57. The molecule has 0 aliphatic carbocycles. The third kappa shape index (κ3) is 3.39. The summed E-state index contributed by atoms with van der Waals surface area (Å²) in [6.07, 6.45) is 1.51. The highest BCUT2D eigenvalue weighted by atomic mass is 16.6. The molecule has 120 valence electrons. The molecule has 2 aromatic carbocycles. The van der Waals surface area contributed by atoms with Gasteiger partial charge in [0.1, 0.15) is 24.9 Å². The Kier molecular flexibility index (Phi) is 4.48. The molecule has 5 heteroatoms. The number of hydrogen-bond donors (Lipinski definition) is 1. The molecule has 1 heterocycles. The van der Waals surface area contributed by atoms with Gasteiger partial charge in [-0.15, -0.1) is 0 Å². The van der Waals surface area contributed by atoms with Gasteiger partial charge in [-0.3, -0.25) is 4.79 Å². The van der Waals surface area contributed by atoms with Crippen LogP contribution < -0.4 is 14.8 Å². The Labute approximate surface area is 140 Å². The van der Waals surface area contributed by atoms with E-state index in [1.54, 1.807) is 30.3 Å². The minimum atomic E-state index is -0.462. The summed E-state index contributed by atoms with van der Waals surface area (Å²) >= 11 is 0. The van der Waals surface area contributed by atoms with E-state index in [-0.39, 0.29) is 5.57 Å². The predicted octanol–water partition coefficient (Wildman–Crippen LogP) is 3.31. The lowest BCUT2D eigenvalue weighted by atomic mass is 10.1. The van der Waals surface area contributed by atoms with Crippen molar-refractivity contribution in [3.63, 3.8) is 0 Å². The summed E-state index contributed by atoms with van der Waals surface area (Å²) in [4.78, 5) is 12.3. The topological polar surface area (TPSA) is 71.4 Å². The number of nitrogens with zero attached hydrogens (tertiary/aromatic N) is 1. The first-order valence-corrected chi connectivity index (χ1v) is 7.56. The molecule has 1 aliphatic heterocycles. The van der Waals surface area contributed by atoms with Crippen molar-refractivity contribution in [2.24, 2.45) is 0 Å². The second-order valence-electron chi connectivity index (χ2n) is 5.36. The molecule has 0 atom stereocenters. The molecule has 5 nitrogen and oxygen atoms in total. The maximum atomic E-state index is 12.3. The molecule has 0 saturated heterocycles. The molecular weight excluding hydrogens is 304 g/mol. The number of anilines is 1. The Morgan fingerprint density at radius 2 is 1.92 bits per heavy atom. The summed E-state index contributed by atoms with van der Waals surface area (Å²) in [6.45, 7) is 2.89. The van der Waals surface area contributed by atoms with E-state index in [0.717, 1.165) is 5.56 Å². The van der Waals surface area contributed by atoms with E-state index in [1.165, 1.54) is 6.08 Å².